The third-order valence-corrected chi connectivity index (χ3v) is 3.25. The Kier molecular flexibility index (Phi) is 4.09. The lowest BCUT2D eigenvalue weighted by Gasteiger charge is -2.09. The van der Waals surface area contributed by atoms with E-state index in [1.807, 2.05) is 6.07 Å². The van der Waals surface area contributed by atoms with Gasteiger partial charge in [-0.2, -0.15) is 0 Å². The molecule has 0 amide bonds. The van der Waals surface area contributed by atoms with Gasteiger partial charge in [-0.25, -0.2) is 0 Å². The predicted molar refractivity (Wildman–Crippen MR) is 64.8 cm³/mol. The van der Waals surface area contributed by atoms with E-state index >= 15 is 0 Å². The maximum absolute atomic E-state index is 10.7. The molecule has 92 valence electrons. The van der Waals surface area contributed by atoms with Crippen LogP contribution in [-0.2, 0) is 16.1 Å². The fourth-order valence-electron chi connectivity index (χ4n) is 1.65. The SMILES string of the molecule is O=[N+]([O-])c1cc(COC2CCOC2)ccc1Br. The van der Waals surface area contributed by atoms with Crippen LogP contribution in [0, 0.1) is 10.1 Å². The topological polar surface area (TPSA) is 61.6 Å². The molecule has 2 rings (SSSR count). The lowest BCUT2D eigenvalue weighted by Crippen LogP contribution is -2.11. The molecule has 1 aliphatic rings. The normalized spacial score (nSPS) is 19.5. The van der Waals surface area contributed by atoms with Crippen molar-refractivity contribution in [2.45, 2.75) is 19.1 Å². The van der Waals surface area contributed by atoms with Crippen LogP contribution in [-0.4, -0.2) is 24.2 Å². The number of rotatable bonds is 4. The lowest BCUT2D eigenvalue weighted by molar-refractivity contribution is -0.385. The van der Waals surface area contributed by atoms with E-state index in [1.54, 1.807) is 6.07 Å². The third kappa shape index (κ3) is 3.24. The van der Waals surface area contributed by atoms with Crippen LogP contribution in [0.4, 0.5) is 5.69 Å². The molecule has 1 atom stereocenters. The molecule has 0 saturated carbocycles. The van der Waals surface area contributed by atoms with Crippen molar-refractivity contribution in [3.8, 4) is 0 Å². The monoisotopic (exact) mass is 301 g/mol. The average Bonchev–Trinajstić information content (AvgIpc) is 2.80. The molecule has 0 spiro atoms. The molecule has 1 heterocycles. The van der Waals surface area contributed by atoms with Crippen molar-refractivity contribution in [3.05, 3.63) is 38.3 Å². The fourth-order valence-corrected chi connectivity index (χ4v) is 2.04. The molecule has 1 unspecified atom stereocenters. The van der Waals surface area contributed by atoms with Crippen LogP contribution in [0.25, 0.3) is 0 Å². The van der Waals surface area contributed by atoms with Crippen LogP contribution in [0.3, 0.4) is 0 Å². The molecule has 6 heteroatoms. The number of nitro groups is 1. The van der Waals surface area contributed by atoms with Crippen LogP contribution in [0.2, 0.25) is 0 Å². The van der Waals surface area contributed by atoms with E-state index in [0.717, 1.165) is 18.6 Å². The zero-order valence-electron chi connectivity index (χ0n) is 9.10. The van der Waals surface area contributed by atoms with Gasteiger partial charge in [0.15, 0.2) is 0 Å². The summed E-state index contributed by atoms with van der Waals surface area (Å²) in [6.07, 6.45) is 0.997. The summed E-state index contributed by atoms with van der Waals surface area (Å²) in [6, 6.07) is 5.01. The minimum absolute atomic E-state index is 0.0637. The quantitative estimate of drug-likeness (QED) is 0.633. The van der Waals surface area contributed by atoms with Gasteiger partial charge in [-0.15, -0.1) is 0 Å². The Morgan fingerprint density at radius 3 is 3.06 bits per heavy atom. The van der Waals surface area contributed by atoms with Crippen LogP contribution in [0.5, 0.6) is 0 Å². The van der Waals surface area contributed by atoms with E-state index in [0.29, 0.717) is 17.7 Å². The molecular weight excluding hydrogens is 290 g/mol. The first-order chi connectivity index (χ1) is 8.16. The van der Waals surface area contributed by atoms with Crippen molar-refractivity contribution in [1.82, 2.24) is 0 Å². The Labute approximate surface area is 107 Å². The van der Waals surface area contributed by atoms with Gasteiger partial charge in [0.25, 0.3) is 5.69 Å². The number of hydrogen-bond acceptors (Lipinski definition) is 4. The summed E-state index contributed by atoms with van der Waals surface area (Å²) < 4.78 is 11.3. The van der Waals surface area contributed by atoms with E-state index in [-0.39, 0.29) is 11.8 Å². The van der Waals surface area contributed by atoms with Crippen molar-refractivity contribution >= 4 is 21.6 Å². The molecular formula is C11H12BrNO4. The number of nitro benzene ring substituents is 1. The molecule has 0 aliphatic carbocycles. The maximum atomic E-state index is 10.7. The Hall–Kier alpha value is -0.980. The molecule has 1 aliphatic heterocycles. The van der Waals surface area contributed by atoms with Crippen molar-refractivity contribution < 1.29 is 14.4 Å². The zero-order valence-corrected chi connectivity index (χ0v) is 10.7. The van der Waals surface area contributed by atoms with Gasteiger partial charge < -0.3 is 9.47 Å². The van der Waals surface area contributed by atoms with Crippen LogP contribution in [0.1, 0.15) is 12.0 Å². The minimum atomic E-state index is -0.410. The van der Waals surface area contributed by atoms with E-state index in [2.05, 4.69) is 15.9 Å². The molecule has 0 N–H and O–H groups in total. The number of ether oxygens (including phenoxy) is 2. The molecule has 5 nitrogen and oxygen atoms in total. The summed E-state index contributed by atoms with van der Waals surface area (Å²) >= 11 is 3.15. The first-order valence-electron chi connectivity index (χ1n) is 5.29. The molecule has 0 aromatic heterocycles. The van der Waals surface area contributed by atoms with Crippen molar-refractivity contribution in [2.24, 2.45) is 0 Å². The molecule has 1 saturated heterocycles. The number of nitrogens with zero attached hydrogens (tertiary/aromatic N) is 1. The second-order valence-electron chi connectivity index (χ2n) is 3.84. The van der Waals surface area contributed by atoms with Crippen molar-refractivity contribution in [3.63, 3.8) is 0 Å². The highest BCUT2D eigenvalue weighted by Gasteiger charge is 2.17. The third-order valence-electron chi connectivity index (χ3n) is 2.58. The Bertz CT molecular complexity index is 418. The highest BCUT2D eigenvalue weighted by molar-refractivity contribution is 9.10. The van der Waals surface area contributed by atoms with Gasteiger partial charge in [-0.3, -0.25) is 10.1 Å². The fraction of sp³-hybridized carbons (Fsp3) is 0.455. The minimum Gasteiger partial charge on any atom is -0.379 e. The predicted octanol–water partition coefficient (Wildman–Crippen LogP) is 2.66. The second-order valence-corrected chi connectivity index (χ2v) is 4.69. The van der Waals surface area contributed by atoms with Gasteiger partial charge in [0.05, 0.1) is 28.7 Å². The largest absolute Gasteiger partial charge is 0.379 e. The molecule has 0 bridgehead atoms. The van der Waals surface area contributed by atoms with Gasteiger partial charge >= 0.3 is 0 Å². The van der Waals surface area contributed by atoms with Crippen molar-refractivity contribution in [2.75, 3.05) is 13.2 Å². The number of hydrogen-bond donors (Lipinski definition) is 0. The molecule has 17 heavy (non-hydrogen) atoms. The number of halogens is 1. The molecule has 1 aromatic rings. The van der Waals surface area contributed by atoms with Crippen LogP contribution < -0.4 is 0 Å². The smallest absolute Gasteiger partial charge is 0.283 e. The summed E-state index contributed by atoms with van der Waals surface area (Å²) in [4.78, 5) is 10.3. The maximum Gasteiger partial charge on any atom is 0.283 e. The Morgan fingerprint density at radius 1 is 1.59 bits per heavy atom. The van der Waals surface area contributed by atoms with Gasteiger partial charge in [0, 0.05) is 12.7 Å². The van der Waals surface area contributed by atoms with E-state index in [4.69, 9.17) is 9.47 Å². The molecule has 0 radical (unpaired) electrons. The molecule has 1 aromatic carbocycles. The van der Waals surface area contributed by atoms with Gasteiger partial charge in [-0.1, -0.05) is 6.07 Å². The van der Waals surface area contributed by atoms with Crippen molar-refractivity contribution in [1.29, 1.82) is 0 Å². The summed E-state index contributed by atoms with van der Waals surface area (Å²) in [5.41, 5.74) is 0.862. The summed E-state index contributed by atoms with van der Waals surface area (Å²) in [7, 11) is 0. The Balaban J connectivity index is 2.00. The lowest BCUT2D eigenvalue weighted by atomic mass is 10.2. The van der Waals surface area contributed by atoms with Crippen LogP contribution in [0.15, 0.2) is 22.7 Å². The van der Waals surface area contributed by atoms with Gasteiger partial charge in [-0.05, 0) is 34.0 Å². The highest BCUT2D eigenvalue weighted by Crippen LogP contribution is 2.26. The Morgan fingerprint density at radius 2 is 2.41 bits per heavy atom. The van der Waals surface area contributed by atoms with E-state index < -0.39 is 4.92 Å². The van der Waals surface area contributed by atoms with E-state index in [1.165, 1.54) is 6.07 Å². The average molecular weight is 302 g/mol. The molecule has 1 fully saturated rings. The van der Waals surface area contributed by atoms with Gasteiger partial charge in [0.2, 0.25) is 0 Å². The first-order valence-corrected chi connectivity index (χ1v) is 6.08. The standard InChI is InChI=1S/C11H12BrNO4/c12-10-2-1-8(5-11(10)13(14)15)6-17-9-3-4-16-7-9/h1-2,5,9H,3-4,6-7H2. The summed E-state index contributed by atoms with van der Waals surface area (Å²) in [5, 5.41) is 10.7. The summed E-state index contributed by atoms with van der Waals surface area (Å²) in [6.45, 7) is 1.71. The highest BCUT2D eigenvalue weighted by atomic mass is 79.9. The zero-order chi connectivity index (χ0) is 12.3. The first kappa shape index (κ1) is 12.5. The van der Waals surface area contributed by atoms with Crippen LogP contribution >= 0.6 is 15.9 Å². The second kappa shape index (κ2) is 5.57. The van der Waals surface area contributed by atoms with Gasteiger partial charge in [0.1, 0.15) is 0 Å². The number of benzene rings is 1. The summed E-state index contributed by atoms with van der Waals surface area (Å²) in [5.74, 6) is 0. The van der Waals surface area contributed by atoms with E-state index in [9.17, 15) is 10.1 Å².